The molecule has 2 fully saturated rings. The van der Waals surface area contributed by atoms with Crippen molar-refractivity contribution >= 4 is 34.1 Å². The zero-order chi connectivity index (χ0) is 26.2. The highest BCUT2D eigenvalue weighted by atomic mass is 35.5. The van der Waals surface area contributed by atoms with Gasteiger partial charge in [0.15, 0.2) is 0 Å². The summed E-state index contributed by atoms with van der Waals surface area (Å²) < 4.78 is 40.7. The first-order valence-corrected chi connectivity index (χ1v) is 13.0. The van der Waals surface area contributed by atoms with Crippen LogP contribution < -0.4 is 10.6 Å². The van der Waals surface area contributed by atoms with Crippen LogP contribution in [0.4, 0.5) is 18.9 Å². The van der Waals surface area contributed by atoms with E-state index >= 15 is 0 Å². The highest BCUT2D eigenvalue weighted by molar-refractivity contribution is 6.31. The number of rotatable bonds is 6. The van der Waals surface area contributed by atoms with Crippen LogP contribution in [0.2, 0.25) is 5.02 Å². The largest absolute Gasteiger partial charge is 0.433 e. The van der Waals surface area contributed by atoms with Gasteiger partial charge in [0.05, 0.1) is 5.52 Å². The van der Waals surface area contributed by atoms with E-state index in [-0.39, 0.29) is 28.8 Å². The lowest BCUT2D eigenvalue weighted by Gasteiger charge is -2.49. The number of alkyl halides is 3. The first kappa shape index (κ1) is 25.8. The number of amides is 1. The summed E-state index contributed by atoms with van der Waals surface area (Å²) in [4.78, 5) is 18.9. The monoisotopic (exact) mass is 530 g/mol. The van der Waals surface area contributed by atoms with Gasteiger partial charge in [-0.15, -0.1) is 0 Å². The second kappa shape index (κ2) is 10.1. The molecule has 37 heavy (non-hydrogen) atoms. The van der Waals surface area contributed by atoms with Crippen molar-refractivity contribution in [1.29, 1.82) is 0 Å². The lowest BCUT2D eigenvalue weighted by Crippen LogP contribution is -2.57. The zero-order valence-electron chi connectivity index (χ0n) is 20.6. The van der Waals surface area contributed by atoms with E-state index in [1.54, 1.807) is 6.07 Å². The van der Waals surface area contributed by atoms with Crippen LogP contribution in [0.5, 0.6) is 0 Å². The fourth-order valence-electron chi connectivity index (χ4n) is 5.60. The number of likely N-dealkylation sites (tertiary alicyclic amines) is 1. The second-order valence-electron chi connectivity index (χ2n) is 10.4. The minimum Gasteiger partial charge on any atom is -0.384 e. The number of pyridine rings is 1. The number of halogens is 4. The molecular weight excluding hydrogens is 501 g/mol. The molecule has 1 aliphatic carbocycles. The number of piperidine rings is 1. The number of hydrogen-bond donors (Lipinski definition) is 2. The van der Waals surface area contributed by atoms with Crippen LogP contribution in [-0.2, 0) is 16.4 Å². The SMILES string of the molecule is CN1CCC(C(=O)NC2CC(CNc3cc(C(F)(F)F)nc4ccc(Cl)cc34)(c3ccccc3)C2)CC1. The standard InChI is InChI=1S/C28H30ClF3N4O/c1-36-11-9-18(10-12-36)26(37)34-21-15-27(16-21,19-5-3-2-4-6-19)17-33-24-14-25(28(30,31)32)35-23-8-7-20(29)13-22(23)24/h2-8,13-14,18,21H,9-12,15-17H2,1H3,(H,33,35)(H,34,37). The van der Waals surface area contributed by atoms with Crippen molar-refractivity contribution in [2.75, 3.05) is 32.0 Å². The average Bonchev–Trinajstić information content (AvgIpc) is 2.85. The van der Waals surface area contributed by atoms with Crippen molar-refractivity contribution < 1.29 is 18.0 Å². The van der Waals surface area contributed by atoms with Crippen LogP contribution in [0.3, 0.4) is 0 Å². The molecule has 1 amide bonds. The number of hydrogen-bond acceptors (Lipinski definition) is 4. The van der Waals surface area contributed by atoms with Crippen molar-refractivity contribution in [3.63, 3.8) is 0 Å². The molecule has 0 unspecified atom stereocenters. The lowest BCUT2D eigenvalue weighted by molar-refractivity contribution is -0.140. The highest BCUT2D eigenvalue weighted by Crippen LogP contribution is 2.45. The molecule has 9 heteroatoms. The van der Waals surface area contributed by atoms with Crippen LogP contribution in [0.1, 0.15) is 36.9 Å². The Labute approximate surface area is 219 Å². The Morgan fingerprint density at radius 3 is 2.49 bits per heavy atom. The van der Waals surface area contributed by atoms with Gasteiger partial charge in [0.25, 0.3) is 0 Å². The van der Waals surface area contributed by atoms with E-state index in [1.807, 2.05) is 30.3 Å². The lowest BCUT2D eigenvalue weighted by atomic mass is 9.61. The first-order valence-electron chi connectivity index (χ1n) is 12.6. The minimum atomic E-state index is -4.57. The molecule has 1 aromatic heterocycles. The topological polar surface area (TPSA) is 57.3 Å². The van der Waals surface area contributed by atoms with E-state index < -0.39 is 11.9 Å². The number of anilines is 1. The molecule has 2 aliphatic rings. The summed E-state index contributed by atoms with van der Waals surface area (Å²) in [6.07, 6.45) is -1.43. The molecule has 5 rings (SSSR count). The molecule has 0 radical (unpaired) electrons. The van der Waals surface area contributed by atoms with Gasteiger partial charge in [-0.3, -0.25) is 4.79 Å². The Balaban J connectivity index is 1.36. The van der Waals surface area contributed by atoms with Crippen molar-refractivity contribution in [3.05, 3.63) is 70.9 Å². The van der Waals surface area contributed by atoms with E-state index in [9.17, 15) is 18.0 Å². The smallest absolute Gasteiger partial charge is 0.384 e. The third kappa shape index (κ3) is 5.55. The van der Waals surface area contributed by atoms with Crippen LogP contribution in [0.15, 0.2) is 54.6 Å². The van der Waals surface area contributed by atoms with Gasteiger partial charge in [0.2, 0.25) is 5.91 Å². The van der Waals surface area contributed by atoms with Gasteiger partial charge in [0, 0.05) is 40.0 Å². The van der Waals surface area contributed by atoms with Crippen LogP contribution >= 0.6 is 11.6 Å². The van der Waals surface area contributed by atoms with Gasteiger partial charge in [-0.25, -0.2) is 4.98 Å². The number of nitrogens with zero attached hydrogens (tertiary/aromatic N) is 2. The van der Waals surface area contributed by atoms with Crippen molar-refractivity contribution in [2.45, 2.75) is 43.3 Å². The number of aromatic nitrogens is 1. The molecule has 0 atom stereocenters. The average molecular weight is 531 g/mol. The molecule has 1 aliphatic heterocycles. The Kier molecular flexibility index (Phi) is 7.07. The van der Waals surface area contributed by atoms with Gasteiger partial charge in [-0.05, 0) is 75.6 Å². The number of fused-ring (bicyclic) bond motifs is 1. The number of benzene rings is 2. The predicted octanol–water partition coefficient (Wildman–Crippen LogP) is 5.88. The summed E-state index contributed by atoms with van der Waals surface area (Å²) in [7, 11) is 2.07. The summed E-state index contributed by atoms with van der Waals surface area (Å²) in [6.45, 7) is 2.26. The predicted molar refractivity (Wildman–Crippen MR) is 140 cm³/mol. The molecule has 3 aromatic rings. The fraction of sp³-hybridized carbons (Fsp3) is 0.429. The fourth-order valence-corrected chi connectivity index (χ4v) is 5.78. The summed E-state index contributed by atoms with van der Waals surface area (Å²) in [5.74, 6) is 0.145. The summed E-state index contributed by atoms with van der Waals surface area (Å²) in [5, 5.41) is 7.49. The molecule has 196 valence electrons. The Morgan fingerprint density at radius 2 is 1.81 bits per heavy atom. The van der Waals surface area contributed by atoms with Crippen LogP contribution in [-0.4, -0.2) is 48.5 Å². The highest BCUT2D eigenvalue weighted by Gasteiger charge is 2.46. The van der Waals surface area contributed by atoms with Crippen LogP contribution in [0.25, 0.3) is 10.9 Å². The summed E-state index contributed by atoms with van der Waals surface area (Å²) >= 11 is 6.16. The van der Waals surface area contributed by atoms with E-state index in [0.717, 1.165) is 37.6 Å². The van der Waals surface area contributed by atoms with E-state index in [2.05, 4.69) is 27.6 Å². The second-order valence-corrected chi connectivity index (χ2v) is 10.8. The molecule has 2 aromatic carbocycles. The number of carbonyl (C=O) groups excluding carboxylic acids is 1. The molecular formula is C28H30ClF3N4O. The summed E-state index contributed by atoms with van der Waals surface area (Å²) in [5.41, 5.74) is 0.398. The Morgan fingerprint density at radius 1 is 1.11 bits per heavy atom. The third-order valence-corrected chi connectivity index (χ3v) is 8.01. The van der Waals surface area contributed by atoms with Gasteiger partial charge >= 0.3 is 6.18 Å². The normalized spacial score (nSPS) is 23.0. The van der Waals surface area contributed by atoms with E-state index in [4.69, 9.17) is 11.6 Å². The van der Waals surface area contributed by atoms with Gasteiger partial charge in [0.1, 0.15) is 5.69 Å². The summed E-state index contributed by atoms with van der Waals surface area (Å²) in [6, 6.07) is 15.7. The maximum atomic E-state index is 13.6. The number of nitrogens with one attached hydrogen (secondary N) is 2. The molecule has 1 saturated heterocycles. The van der Waals surface area contributed by atoms with Gasteiger partial charge in [-0.1, -0.05) is 41.9 Å². The van der Waals surface area contributed by atoms with Crippen molar-refractivity contribution in [3.8, 4) is 0 Å². The minimum absolute atomic E-state index is 0.0310. The van der Waals surface area contributed by atoms with Crippen molar-refractivity contribution in [2.24, 2.45) is 5.92 Å². The number of carbonyl (C=O) groups is 1. The molecule has 0 spiro atoms. The third-order valence-electron chi connectivity index (χ3n) is 7.77. The Bertz CT molecular complexity index is 1270. The van der Waals surface area contributed by atoms with Gasteiger partial charge < -0.3 is 15.5 Å². The zero-order valence-corrected chi connectivity index (χ0v) is 21.4. The maximum absolute atomic E-state index is 13.6. The van der Waals surface area contributed by atoms with Gasteiger partial charge in [-0.2, -0.15) is 13.2 Å². The first-order chi connectivity index (χ1) is 17.6. The maximum Gasteiger partial charge on any atom is 0.433 e. The Hall–Kier alpha value is -2.84. The molecule has 1 saturated carbocycles. The van der Waals surface area contributed by atoms with E-state index in [1.165, 1.54) is 12.1 Å². The van der Waals surface area contributed by atoms with Crippen LogP contribution in [0, 0.1) is 5.92 Å². The molecule has 0 bridgehead atoms. The molecule has 2 heterocycles. The quantitative estimate of drug-likeness (QED) is 0.418. The molecule has 5 nitrogen and oxygen atoms in total. The van der Waals surface area contributed by atoms with Crippen molar-refractivity contribution in [1.82, 2.24) is 15.2 Å². The van der Waals surface area contributed by atoms with E-state index in [0.29, 0.717) is 35.5 Å². The molecule has 2 N–H and O–H groups in total.